The fraction of sp³-hybridized carbons (Fsp3) is 0.385. The number of hydrogen-bond donors (Lipinski definition) is 1. The summed E-state index contributed by atoms with van der Waals surface area (Å²) in [5.41, 5.74) is 0.709. The summed E-state index contributed by atoms with van der Waals surface area (Å²) in [7, 11) is 1.50. The summed E-state index contributed by atoms with van der Waals surface area (Å²) in [4.78, 5) is 35.3. The number of nitro groups is 1. The maximum atomic E-state index is 11.6. The number of anilines is 1. The van der Waals surface area contributed by atoms with Gasteiger partial charge in [0.1, 0.15) is 11.5 Å². The van der Waals surface area contributed by atoms with E-state index < -0.39 is 4.92 Å². The van der Waals surface area contributed by atoms with Crippen molar-refractivity contribution in [2.75, 3.05) is 25.0 Å². The molecule has 1 N–H and O–H groups in total. The molecule has 7 heteroatoms. The lowest BCUT2D eigenvalue weighted by Gasteiger charge is -2.28. The number of hydrogen-bond acceptors (Lipinski definition) is 5. The zero-order chi connectivity index (χ0) is 14.7. The Morgan fingerprint density at radius 3 is 2.55 bits per heavy atom. The van der Waals surface area contributed by atoms with Gasteiger partial charge in [0.25, 0.3) is 11.6 Å². The van der Waals surface area contributed by atoms with Crippen LogP contribution in [0.15, 0.2) is 18.2 Å². The highest BCUT2D eigenvalue weighted by Crippen LogP contribution is 2.30. The maximum Gasteiger partial charge on any atom is 0.292 e. The Morgan fingerprint density at radius 2 is 2.00 bits per heavy atom. The topological polar surface area (TPSA) is 92.5 Å². The number of nitrogens with zero attached hydrogens (tertiary/aromatic N) is 2. The monoisotopic (exact) mass is 277 g/mol. The predicted octanol–water partition coefficient (Wildman–Crippen LogP) is 1.12. The molecule has 0 aromatic heterocycles. The number of amides is 1. The number of nitrogens with one attached hydrogen (secondary N) is 1. The van der Waals surface area contributed by atoms with Crippen molar-refractivity contribution >= 4 is 23.1 Å². The summed E-state index contributed by atoms with van der Waals surface area (Å²) >= 11 is 0. The molecule has 0 radical (unpaired) electrons. The summed E-state index contributed by atoms with van der Waals surface area (Å²) < 4.78 is 0. The van der Waals surface area contributed by atoms with E-state index in [4.69, 9.17) is 0 Å². The van der Waals surface area contributed by atoms with Crippen LogP contribution >= 0.6 is 0 Å². The van der Waals surface area contributed by atoms with E-state index in [0.717, 1.165) is 0 Å². The average Bonchev–Trinajstić information content (AvgIpc) is 2.46. The molecule has 2 rings (SSSR count). The molecule has 7 nitrogen and oxygen atoms in total. The molecule has 0 atom stereocenters. The number of benzene rings is 1. The first-order chi connectivity index (χ1) is 9.52. The highest BCUT2D eigenvalue weighted by Gasteiger charge is 2.24. The van der Waals surface area contributed by atoms with Crippen LogP contribution in [0.4, 0.5) is 11.4 Å². The second-order valence-electron chi connectivity index (χ2n) is 4.57. The number of nitro benzene ring substituents is 1. The largest absolute Gasteiger partial charge is 0.365 e. The molecule has 1 aromatic carbocycles. The molecule has 1 fully saturated rings. The van der Waals surface area contributed by atoms with Gasteiger partial charge in [-0.05, 0) is 12.1 Å². The van der Waals surface area contributed by atoms with Crippen LogP contribution in [0, 0.1) is 10.1 Å². The van der Waals surface area contributed by atoms with Gasteiger partial charge in [-0.3, -0.25) is 19.7 Å². The van der Waals surface area contributed by atoms with Crippen LogP contribution in [0.25, 0.3) is 0 Å². The van der Waals surface area contributed by atoms with Crippen molar-refractivity contribution in [1.29, 1.82) is 0 Å². The normalized spacial score (nSPS) is 15.1. The van der Waals surface area contributed by atoms with Crippen LogP contribution in [0.1, 0.15) is 23.2 Å². The van der Waals surface area contributed by atoms with Crippen molar-refractivity contribution in [3.05, 3.63) is 33.9 Å². The minimum Gasteiger partial charge on any atom is -0.365 e. The Bertz CT molecular complexity index is 561. The molecule has 1 amide bonds. The first kappa shape index (κ1) is 14.0. The molecule has 0 bridgehead atoms. The average molecular weight is 277 g/mol. The Labute approximate surface area is 115 Å². The van der Waals surface area contributed by atoms with Crippen LogP contribution in [0.3, 0.4) is 0 Å². The molecule has 1 aromatic rings. The van der Waals surface area contributed by atoms with Gasteiger partial charge < -0.3 is 10.2 Å². The van der Waals surface area contributed by atoms with E-state index in [-0.39, 0.29) is 17.4 Å². The van der Waals surface area contributed by atoms with Gasteiger partial charge in [-0.1, -0.05) is 0 Å². The van der Waals surface area contributed by atoms with Crippen molar-refractivity contribution in [2.24, 2.45) is 0 Å². The zero-order valence-corrected chi connectivity index (χ0v) is 11.1. The summed E-state index contributed by atoms with van der Waals surface area (Å²) in [6, 6.07) is 4.26. The Morgan fingerprint density at radius 1 is 1.35 bits per heavy atom. The Balaban J connectivity index is 2.39. The lowest BCUT2D eigenvalue weighted by atomic mass is 10.1. The fourth-order valence-corrected chi connectivity index (χ4v) is 2.21. The third-order valence-corrected chi connectivity index (χ3v) is 3.32. The van der Waals surface area contributed by atoms with Gasteiger partial charge in [0.05, 0.1) is 4.92 Å². The van der Waals surface area contributed by atoms with E-state index >= 15 is 0 Å². The molecular formula is C13H15N3O4. The van der Waals surface area contributed by atoms with E-state index in [0.29, 0.717) is 37.2 Å². The van der Waals surface area contributed by atoms with E-state index in [1.165, 1.54) is 25.2 Å². The van der Waals surface area contributed by atoms with Crippen LogP contribution < -0.4 is 10.2 Å². The maximum absolute atomic E-state index is 11.6. The predicted molar refractivity (Wildman–Crippen MR) is 72.9 cm³/mol. The Kier molecular flexibility index (Phi) is 3.97. The molecule has 1 saturated heterocycles. The second kappa shape index (κ2) is 5.68. The SMILES string of the molecule is CNC(=O)c1ccc([N+](=O)[O-])c(N2CCC(=O)CC2)c1. The van der Waals surface area contributed by atoms with Gasteiger partial charge >= 0.3 is 0 Å². The van der Waals surface area contributed by atoms with Gasteiger partial charge in [0, 0.05) is 44.6 Å². The molecule has 0 spiro atoms. The number of piperidine rings is 1. The second-order valence-corrected chi connectivity index (χ2v) is 4.57. The minimum absolute atomic E-state index is 0.0491. The molecule has 1 heterocycles. The van der Waals surface area contributed by atoms with Gasteiger partial charge in [0.2, 0.25) is 0 Å². The van der Waals surface area contributed by atoms with Crippen LogP contribution in [0.5, 0.6) is 0 Å². The zero-order valence-electron chi connectivity index (χ0n) is 11.1. The number of carbonyl (C=O) groups excluding carboxylic acids is 2. The van der Waals surface area contributed by atoms with E-state index in [1.807, 2.05) is 0 Å². The fourth-order valence-electron chi connectivity index (χ4n) is 2.21. The smallest absolute Gasteiger partial charge is 0.292 e. The van der Waals surface area contributed by atoms with Gasteiger partial charge in [-0.25, -0.2) is 0 Å². The van der Waals surface area contributed by atoms with Crippen molar-refractivity contribution in [2.45, 2.75) is 12.8 Å². The van der Waals surface area contributed by atoms with Gasteiger partial charge in [-0.15, -0.1) is 0 Å². The van der Waals surface area contributed by atoms with E-state index in [1.54, 1.807) is 4.90 Å². The van der Waals surface area contributed by atoms with E-state index in [9.17, 15) is 19.7 Å². The number of Topliss-reactive ketones (excluding diaryl/α,β-unsaturated/α-hetero) is 1. The third kappa shape index (κ3) is 2.76. The quantitative estimate of drug-likeness (QED) is 0.660. The first-order valence-electron chi connectivity index (χ1n) is 6.30. The highest BCUT2D eigenvalue weighted by molar-refractivity contribution is 5.96. The van der Waals surface area contributed by atoms with Gasteiger partial charge in [-0.2, -0.15) is 0 Å². The molecule has 106 valence electrons. The molecule has 20 heavy (non-hydrogen) atoms. The summed E-state index contributed by atoms with van der Waals surface area (Å²) in [6.07, 6.45) is 0.753. The summed E-state index contributed by atoms with van der Waals surface area (Å²) in [6.45, 7) is 0.883. The molecule has 0 saturated carbocycles. The van der Waals surface area contributed by atoms with Crippen molar-refractivity contribution in [1.82, 2.24) is 5.32 Å². The highest BCUT2D eigenvalue weighted by atomic mass is 16.6. The standard InChI is InChI=1S/C13H15N3O4/c1-14-13(18)9-2-3-11(16(19)20)12(8-9)15-6-4-10(17)5-7-15/h2-3,8H,4-7H2,1H3,(H,14,18). The number of ketones is 1. The van der Waals surface area contributed by atoms with Crippen LogP contribution in [-0.4, -0.2) is 36.8 Å². The Hall–Kier alpha value is -2.44. The summed E-state index contributed by atoms with van der Waals surface area (Å²) in [5.74, 6) is -0.138. The number of rotatable bonds is 3. The van der Waals surface area contributed by atoms with E-state index in [2.05, 4.69) is 5.32 Å². The first-order valence-corrected chi connectivity index (χ1v) is 6.30. The molecular weight excluding hydrogens is 262 g/mol. The van der Waals surface area contributed by atoms with Crippen molar-refractivity contribution in [3.8, 4) is 0 Å². The lowest BCUT2D eigenvalue weighted by molar-refractivity contribution is -0.384. The lowest BCUT2D eigenvalue weighted by Crippen LogP contribution is -2.34. The third-order valence-electron chi connectivity index (χ3n) is 3.32. The van der Waals surface area contributed by atoms with Crippen LogP contribution in [-0.2, 0) is 4.79 Å². The van der Waals surface area contributed by atoms with Crippen molar-refractivity contribution < 1.29 is 14.5 Å². The van der Waals surface area contributed by atoms with Gasteiger partial charge in [0.15, 0.2) is 0 Å². The molecule has 0 aliphatic carbocycles. The minimum atomic E-state index is -0.473. The molecule has 1 aliphatic rings. The molecule has 0 unspecified atom stereocenters. The van der Waals surface area contributed by atoms with Crippen molar-refractivity contribution in [3.63, 3.8) is 0 Å². The van der Waals surface area contributed by atoms with Crippen LogP contribution in [0.2, 0.25) is 0 Å². The summed E-state index contributed by atoms with van der Waals surface area (Å²) in [5, 5.41) is 13.6. The molecule has 1 aliphatic heterocycles. The number of carbonyl (C=O) groups is 2.